The van der Waals surface area contributed by atoms with Crippen LogP contribution in [0.2, 0.25) is 0 Å². The van der Waals surface area contributed by atoms with Gasteiger partial charge < -0.3 is 19.4 Å². The first kappa shape index (κ1) is 15.1. The van der Waals surface area contributed by atoms with Crippen molar-refractivity contribution in [2.24, 2.45) is 7.05 Å². The normalized spacial score (nSPS) is 10.5. The molecule has 5 heteroatoms. The minimum absolute atomic E-state index is 0.0216. The summed E-state index contributed by atoms with van der Waals surface area (Å²) in [5.74, 6) is 1.42. The van der Waals surface area contributed by atoms with Crippen LogP contribution in [0.25, 0.3) is 11.3 Å². The average Bonchev–Trinajstić information content (AvgIpc) is 2.51. The highest BCUT2D eigenvalue weighted by molar-refractivity contribution is 5.69. The van der Waals surface area contributed by atoms with Crippen LogP contribution in [-0.2, 0) is 13.6 Å². The Morgan fingerprint density at radius 1 is 1.14 bits per heavy atom. The Kier molecular flexibility index (Phi) is 4.65. The van der Waals surface area contributed by atoms with Gasteiger partial charge in [0.1, 0.15) is 11.5 Å². The highest BCUT2D eigenvalue weighted by Crippen LogP contribution is 2.32. The largest absolute Gasteiger partial charge is 0.497 e. The predicted octanol–water partition coefficient (Wildman–Crippen LogP) is 1.79. The molecule has 2 rings (SSSR count). The molecular formula is C16H20N2O3. The minimum atomic E-state index is -0.0216. The zero-order valence-electron chi connectivity index (χ0n) is 12.8. The summed E-state index contributed by atoms with van der Waals surface area (Å²) in [6.07, 6.45) is 0. The maximum atomic E-state index is 12.4. The summed E-state index contributed by atoms with van der Waals surface area (Å²) in [5.41, 5.74) is 2.32. The van der Waals surface area contributed by atoms with Crippen molar-refractivity contribution in [1.82, 2.24) is 9.88 Å². The molecule has 112 valence electrons. The maximum absolute atomic E-state index is 12.4. The van der Waals surface area contributed by atoms with Crippen LogP contribution >= 0.6 is 0 Å². The molecule has 0 aliphatic heterocycles. The van der Waals surface area contributed by atoms with E-state index in [1.54, 1.807) is 25.8 Å². The van der Waals surface area contributed by atoms with E-state index >= 15 is 0 Å². The van der Waals surface area contributed by atoms with Crippen LogP contribution < -0.4 is 20.3 Å². The highest BCUT2D eigenvalue weighted by atomic mass is 16.5. The van der Waals surface area contributed by atoms with Crippen LogP contribution in [-0.4, -0.2) is 25.8 Å². The van der Waals surface area contributed by atoms with E-state index in [4.69, 9.17) is 9.47 Å². The van der Waals surface area contributed by atoms with Gasteiger partial charge in [-0.25, -0.2) is 0 Å². The van der Waals surface area contributed by atoms with Gasteiger partial charge in [-0.05, 0) is 31.3 Å². The first-order valence-electron chi connectivity index (χ1n) is 6.68. The van der Waals surface area contributed by atoms with Crippen LogP contribution in [0.1, 0.15) is 5.56 Å². The standard InChI is InChI=1S/C16H20N2O3/c1-17-10-11-5-7-14(18(2)16(11)19)13-9-12(20-3)6-8-15(13)21-4/h5-9,17H,10H2,1-4H3. The molecule has 0 aliphatic carbocycles. The lowest BCUT2D eigenvalue weighted by molar-refractivity contribution is 0.404. The number of ether oxygens (including phenoxy) is 2. The van der Waals surface area contributed by atoms with E-state index in [2.05, 4.69) is 5.32 Å². The van der Waals surface area contributed by atoms with E-state index in [9.17, 15) is 4.79 Å². The summed E-state index contributed by atoms with van der Waals surface area (Å²) in [6.45, 7) is 0.544. The van der Waals surface area contributed by atoms with E-state index in [0.29, 0.717) is 12.3 Å². The molecule has 1 aromatic heterocycles. The number of nitrogens with one attached hydrogen (secondary N) is 1. The first-order chi connectivity index (χ1) is 10.1. The van der Waals surface area contributed by atoms with Crippen molar-refractivity contribution in [3.05, 3.63) is 46.2 Å². The lowest BCUT2D eigenvalue weighted by atomic mass is 10.1. The van der Waals surface area contributed by atoms with E-state index < -0.39 is 0 Å². The number of pyridine rings is 1. The second-order valence-corrected chi connectivity index (χ2v) is 4.70. The average molecular weight is 288 g/mol. The lowest BCUT2D eigenvalue weighted by Crippen LogP contribution is -2.25. The molecule has 1 aromatic carbocycles. The van der Waals surface area contributed by atoms with Gasteiger partial charge in [0.25, 0.3) is 5.56 Å². The third-order valence-corrected chi connectivity index (χ3v) is 3.43. The second-order valence-electron chi connectivity index (χ2n) is 4.70. The number of hydrogen-bond acceptors (Lipinski definition) is 4. The summed E-state index contributed by atoms with van der Waals surface area (Å²) in [4.78, 5) is 12.4. The fraction of sp³-hybridized carbons (Fsp3) is 0.312. The molecule has 0 saturated heterocycles. The van der Waals surface area contributed by atoms with Gasteiger partial charge in [0, 0.05) is 24.7 Å². The summed E-state index contributed by atoms with van der Waals surface area (Å²) < 4.78 is 12.3. The summed E-state index contributed by atoms with van der Waals surface area (Å²) in [6, 6.07) is 9.29. The number of benzene rings is 1. The minimum Gasteiger partial charge on any atom is -0.497 e. The van der Waals surface area contributed by atoms with Crippen LogP contribution in [0.3, 0.4) is 0 Å². The molecule has 0 atom stereocenters. The third kappa shape index (κ3) is 2.92. The van der Waals surface area contributed by atoms with Crippen LogP contribution in [0.5, 0.6) is 11.5 Å². The van der Waals surface area contributed by atoms with Gasteiger partial charge in [-0.2, -0.15) is 0 Å². The first-order valence-corrected chi connectivity index (χ1v) is 6.68. The molecule has 0 aliphatic rings. The highest BCUT2D eigenvalue weighted by Gasteiger charge is 2.12. The van der Waals surface area contributed by atoms with Gasteiger partial charge in [-0.3, -0.25) is 4.79 Å². The molecule has 0 spiro atoms. The van der Waals surface area contributed by atoms with Gasteiger partial charge in [0.2, 0.25) is 0 Å². The van der Waals surface area contributed by atoms with Crippen molar-refractivity contribution in [2.75, 3.05) is 21.3 Å². The molecule has 0 unspecified atom stereocenters. The van der Waals surface area contributed by atoms with E-state index in [1.807, 2.05) is 37.4 Å². The smallest absolute Gasteiger partial charge is 0.255 e. The SMILES string of the molecule is CNCc1ccc(-c2cc(OC)ccc2OC)n(C)c1=O. The molecule has 1 heterocycles. The Labute approximate surface area is 124 Å². The van der Waals surface area contributed by atoms with Crippen LogP contribution in [0.15, 0.2) is 35.1 Å². The fourth-order valence-electron chi connectivity index (χ4n) is 2.30. The topological polar surface area (TPSA) is 52.5 Å². The van der Waals surface area contributed by atoms with Gasteiger partial charge in [0.15, 0.2) is 0 Å². The molecular weight excluding hydrogens is 268 g/mol. The number of nitrogens with zero attached hydrogens (tertiary/aromatic N) is 1. The van der Waals surface area contributed by atoms with Crippen molar-refractivity contribution in [3.8, 4) is 22.8 Å². The molecule has 1 N–H and O–H groups in total. The van der Waals surface area contributed by atoms with Crippen molar-refractivity contribution in [2.45, 2.75) is 6.54 Å². The molecule has 21 heavy (non-hydrogen) atoms. The van der Waals surface area contributed by atoms with Gasteiger partial charge >= 0.3 is 0 Å². The quantitative estimate of drug-likeness (QED) is 0.911. The number of rotatable bonds is 5. The van der Waals surface area contributed by atoms with Gasteiger partial charge in [-0.15, -0.1) is 0 Å². The lowest BCUT2D eigenvalue weighted by Gasteiger charge is -2.14. The number of aromatic nitrogens is 1. The molecule has 0 fully saturated rings. The van der Waals surface area contributed by atoms with Crippen molar-refractivity contribution < 1.29 is 9.47 Å². The molecule has 0 amide bonds. The Hall–Kier alpha value is -2.27. The van der Waals surface area contributed by atoms with E-state index in [1.165, 1.54) is 0 Å². The Morgan fingerprint density at radius 3 is 2.52 bits per heavy atom. The number of hydrogen-bond donors (Lipinski definition) is 1. The van der Waals surface area contributed by atoms with Crippen molar-refractivity contribution in [3.63, 3.8) is 0 Å². The molecule has 5 nitrogen and oxygen atoms in total. The van der Waals surface area contributed by atoms with Gasteiger partial charge in [0.05, 0.1) is 19.9 Å². The molecule has 0 bridgehead atoms. The Bertz CT molecular complexity index is 692. The Morgan fingerprint density at radius 2 is 1.90 bits per heavy atom. The molecule has 2 aromatic rings. The van der Waals surface area contributed by atoms with Crippen molar-refractivity contribution >= 4 is 0 Å². The summed E-state index contributed by atoms with van der Waals surface area (Å²) in [5, 5.41) is 2.99. The van der Waals surface area contributed by atoms with E-state index in [-0.39, 0.29) is 5.56 Å². The Balaban J connectivity index is 2.61. The fourth-order valence-corrected chi connectivity index (χ4v) is 2.30. The summed E-state index contributed by atoms with van der Waals surface area (Å²) >= 11 is 0. The number of methoxy groups -OCH3 is 2. The van der Waals surface area contributed by atoms with Crippen molar-refractivity contribution in [1.29, 1.82) is 0 Å². The zero-order chi connectivity index (χ0) is 15.4. The molecule has 0 radical (unpaired) electrons. The van der Waals surface area contributed by atoms with E-state index in [0.717, 1.165) is 22.6 Å². The van der Waals surface area contributed by atoms with Crippen LogP contribution in [0.4, 0.5) is 0 Å². The maximum Gasteiger partial charge on any atom is 0.255 e. The zero-order valence-corrected chi connectivity index (χ0v) is 12.8. The third-order valence-electron chi connectivity index (χ3n) is 3.43. The monoisotopic (exact) mass is 288 g/mol. The van der Waals surface area contributed by atoms with Crippen LogP contribution in [0, 0.1) is 0 Å². The second kappa shape index (κ2) is 6.45. The molecule has 0 saturated carbocycles. The predicted molar refractivity (Wildman–Crippen MR) is 83.0 cm³/mol. The van der Waals surface area contributed by atoms with Gasteiger partial charge in [-0.1, -0.05) is 6.07 Å². The summed E-state index contributed by atoms with van der Waals surface area (Å²) in [7, 11) is 6.80.